The Balaban J connectivity index is 1.58. The van der Waals surface area contributed by atoms with Gasteiger partial charge < -0.3 is 19.3 Å². The summed E-state index contributed by atoms with van der Waals surface area (Å²) < 4.78 is 3.39. The van der Waals surface area contributed by atoms with Crippen LogP contribution in [-0.4, -0.2) is 47.0 Å². The summed E-state index contributed by atoms with van der Waals surface area (Å²) in [4.78, 5) is 31.7. The molecule has 148 valence electrons. The Labute approximate surface area is 169 Å². The minimum absolute atomic E-state index is 0.155. The highest BCUT2D eigenvalue weighted by atomic mass is 32.2. The fourth-order valence-electron chi connectivity index (χ4n) is 3.31. The highest BCUT2D eigenvalue weighted by Crippen LogP contribution is 2.25. The Kier molecular flexibility index (Phi) is 5.22. The minimum atomic E-state index is -0.932. The van der Waals surface area contributed by atoms with Crippen LogP contribution in [0, 0.1) is 0 Å². The van der Waals surface area contributed by atoms with E-state index in [9.17, 15) is 19.8 Å². The molecule has 2 aromatic heterocycles. The smallest absolute Gasteiger partial charge is 0.323 e. The molecule has 0 aliphatic rings. The van der Waals surface area contributed by atoms with E-state index in [0.29, 0.717) is 23.2 Å². The van der Waals surface area contributed by atoms with Gasteiger partial charge >= 0.3 is 11.9 Å². The van der Waals surface area contributed by atoms with Crippen molar-refractivity contribution in [1.82, 2.24) is 19.1 Å². The minimum Gasteiger partial charge on any atom is -0.480 e. The summed E-state index contributed by atoms with van der Waals surface area (Å²) in [5.41, 5.74) is 3.06. The molecule has 4 aromatic rings. The number of rotatable bonds is 8. The molecule has 9 heteroatoms. The number of carboxylic acid groups (broad SMARTS) is 2. The molecule has 8 nitrogen and oxygen atoms in total. The van der Waals surface area contributed by atoms with Gasteiger partial charge in [0, 0.05) is 12.2 Å². The highest BCUT2D eigenvalue weighted by Gasteiger charge is 2.16. The fourth-order valence-corrected chi connectivity index (χ4v) is 4.26. The van der Waals surface area contributed by atoms with Crippen LogP contribution in [0.2, 0.25) is 0 Å². The third-order valence-corrected chi connectivity index (χ3v) is 5.47. The van der Waals surface area contributed by atoms with Crippen LogP contribution in [-0.2, 0) is 29.1 Å². The van der Waals surface area contributed by atoms with Crippen molar-refractivity contribution in [3.63, 3.8) is 0 Å². The zero-order valence-electron chi connectivity index (χ0n) is 15.4. The van der Waals surface area contributed by atoms with Crippen LogP contribution in [0.3, 0.4) is 0 Å². The molecule has 0 amide bonds. The van der Waals surface area contributed by atoms with Crippen molar-refractivity contribution in [2.75, 3.05) is 5.75 Å². The van der Waals surface area contributed by atoms with E-state index < -0.39 is 11.9 Å². The molecule has 0 unspecified atom stereocenters. The van der Waals surface area contributed by atoms with Crippen molar-refractivity contribution in [3.8, 4) is 0 Å². The molecule has 0 aliphatic carbocycles. The average Bonchev–Trinajstić information content (AvgIpc) is 3.20. The summed E-state index contributed by atoms with van der Waals surface area (Å²) in [5.74, 6) is -0.586. The van der Waals surface area contributed by atoms with E-state index in [1.807, 2.05) is 48.5 Å². The van der Waals surface area contributed by atoms with Crippen molar-refractivity contribution < 1.29 is 19.8 Å². The summed E-state index contributed by atoms with van der Waals surface area (Å²) in [6, 6.07) is 14.9. The van der Waals surface area contributed by atoms with Crippen LogP contribution in [0.4, 0.5) is 0 Å². The van der Waals surface area contributed by atoms with E-state index in [1.165, 1.54) is 11.8 Å². The molecule has 0 aliphatic heterocycles. The summed E-state index contributed by atoms with van der Waals surface area (Å²) in [7, 11) is 0. The molecule has 0 saturated heterocycles. The third kappa shape index (κ3) is 3.95. The number of aromatic nitrogens is 4. The van der Waals surface area contributed by atoms with Crippen molar-refractivity contribution in [3.05, 3.63) is 54.4 Å². The van der Waals surface area contributed by atoms with Gasteiger partial charge in [0.1, 0.15) is 18.9 Å². The monoisotopic (exact) mass is 410 g/mol. The maximum atomic E-state index is 11.3. The van der Waals surface area contributed by atoms with E-state index in [0.717, 1.165) is 22.1 Å². The number of benzene rings is 2. The number of para-hydroxylation sites is 4. The fraction of sp³-hybridized carbons (Fsp3) is 0.200. The molecule has 0 fully saturated rings. The quantitative estimate of drug-likeness (QED) is 0.430. The van der Waals surface area contributed by atoms with Crippen LogP contribution >= 0.6 is 11.8 Å². The normalized spacial score (nSPS) is 11.3. The first-order valence-corrected chi connectivity index (χ1v) is 9.97. The number of nitrogens with zero attached hydrogens (tertiary/aromatic N) is 4. The number of carboxylic acids is 2. The van der Waals surface area contributed by atoms with Crippen molar-refractivity contribution in [2.45, 2.75) is 24.7 Å². The standard InChI is InChI=1S/C20H18N4O4S/c25-18(26)11-23-15-7-3-1-5-13(15)21-17(23)9-10-29-20-22-14-6-2-4-8-16(14)24(20)12-19(27)28/h1-8H,9-12H2,(H,25,26)(H,27,28). The van der Waals surface area contributed by atoms with Crippen LogP contribution in [0.1, 0.15) is 5.82 Å². The second kappa shape index (κ2) is 7.96. The Hall–Kier alpha value is -3.33. The van der Waals surface area contributed by atoms with Crippen LogP contribution in [0.25, 0.3) is 22.1 Å². The van der Waals surface area contributed by atoms with Crippen molar-refractivity contribution >= 4 is 45.8 Å². The predicted octanol–water partition coefficient (Wildman–Crippen LogP) is 2.89. The third-order valence-electron chi connectivity index (χ3n) is 4.50. The Morgan fingerprint density at radius 1 is 0.828 bits per heavy atom. The first kappa shape index (κ1) is 19.0. The molecular formula is C20H18N4O4S. The number of aliphatic carboxylic acids is 2. The van der Waals surface area contributed by atoms with E-state index in [-0.39, 0.29) is 13.1 Å². The molecule has 29 heavy (non-hydrogen) atoms. The number of thioether (sulfide) groups is 1. The first-order valence-electron chi connectivity index (χ1n) is 8.98. The molecule has 2 heterocycles. The van der Waals surface area contributed by atoms with Gasteiger partial charge in [0.2, 0.25) is 0 Å². The number of hydrogen-bond donors (Lipinski definition) is 2. The lowest BCUT2D eigenvalue weighted by Gasteiger charge is -2.07. The SMILES string of the molecule is O=C(O)Cn1c(CCSc2nc3ccccc3n2CC(=O)O)nc2ccccc21. The highest BCUT2D eigenvalue weighted by molar-refractivity contribution is 7.99. The lowest BCUT2D eigenvalue weighted by Crippen LogP contribution is -2.13. The Bertz CT molecular complexity index is 1120. The average molecular weight is 410 g/mol. The first-order chi connectivity index (χ1) is 14.0. The van der Waals surface area contributed by atoms with Crippen LogP contribution < -0.4 is 0 Å². The maximum absolute atomic E-state index is 11.3. The van der Waals surface area contributed by atoms with E-state index >= 15 is 0 Å². The molecule has 4 rings (SSSR count). The van der Waals surface area contributed by atoms with E-state index in [4.69, 9.17) is 0 Å². The number of aryl methyl sites for hydroxylation is 1. The number of fused-ring (bicyclic) bond motifs is 2. The summed E-state index contributed by atoms with van der Waals surface area (Å²) in [5, 5.41) is 19.1. The van der Waals surface area contributed by atoms with Gasteiger partial charge in [-0.25, -0.2) is 9.97 Å². The van der Waals surface area contributed by atoms with E-state index in [2.05, 4.69) is 9.97 Å². The summed E-state index contributed by atoms with van der Waals surface area (Å²) in [6.07, 6.45) is 0.531. The largest absolute Gasteiger partial charge is 0.480 e. The number of imidazole rings is 2. The van der Waals surface area contributed by atoms with Gasteiger partial charge in [-0.2, -0.15) is 0 Å². The summed E-state index contributed by atoms with van der Waals surface area (Å²) in [6.45, 7) is -0.321. The topological polar surface area (TPSA) is 110 Å². The van der Waals surface area contributed by atoms with Gasteiger partial charge in [0.15, 0.2) is 5.16 Å². The lowest BCUT2D eigenvalue weighted by molar-refractivity contribution is -0.138. The predicted molar refractivity (Wildman–Crippen MR) is 109 cm³/mol. The van der Waals surface area contributed by atoms with Gasteiger partial charge in [0.25, 0.3) is 0 Å². The lowest BCUT2D eigenvalue weighted by atomic mass is 10.3. The maximum Gasteiger partial charge on any atom is 0.323 e. The van der Waals surface area contributed by atoms with Gasteiger partial charge in [0.05, 0.1) is 22.1 Å². The summed E-state index contributed by atoms with van der Waals surface area (Å²) >= 11 is 1.43. The Morgan fingerprint density at radius 2 is 1.38 bits per heavy atom. The van der Waals surface area contributed by atoms with Gasteiger partial charge in [-0.1, -0.05) is 36.0 Å². The molecule has 0 bridgehead atoms. The van der Waals surface area contributed by atoms with Crippen molar-refractivity contribution in [1.29, 1.82) is 0 Å². The zero-order valence-corrected chi connectivity index (χ0v) is 16.2. The number of hydrogen-bond acceptors (Lipinski definition) is 5. The number of carbonyl (C=O) groups is 2. The molecule has 0 spiro atoms. The zero-order chi connectivity index (χ0) is 20.4. The van der Waals surface area contributed by atoms with E-state index in [1.54, 1.807) is 9.13 Å². The second-order valence-corrected chi connectivity index (χ2v) is 7.52. The van der Waals surface area contributed by atoms with Gasteiger partial charge in [-0.3, -0.25) is 9.59 Å². The second-order valence-electron chi connectivity index (χ2n) is 6.46. The van der Waals surface area contributed by atoms with Gasteiger partial charge in [-0.15, -0.1) is 0 Å². The molecule has 0 saturated carbocycles. The molecule has 0 radical (unpaired) electrons. The molecule has 2 N–H and O–H groups in total. The molecule has 0 atom stereocenters. The molecule has 2 aromatic carbocycles. The Morgan fingerprint density at radius 3 is 2.03 bits per heavy atom. The van der Waals surface area contributed by atoms with Crippen LogP contribution in [0.15, 0.2) is 53.7 Å². The van der Waals surface area contributed by atoms with Crippen LogP contribution in [0.5, 0.6) is 0 Å². The van der Waals surface area contributed by atoms with Gasteiger partial charge in [-0.05, 0) is 24.3 Å². The molecular weight excluding hydrogens is 392 g/mol. The van der Waals surface area contributed by atoms with Crippen molar-refractivity contribution in [2.24, 2.45) is 0 Å².